The summed E-state index contributed by atoms with van der Waals surface area (Å²) in [7, 11) is 3.62. The lowest BCUT2D eigenvalue weighted by Crippen LogP contribution is -2.45. The number of hydrogen-bond donors (Lipinski definition) is 2. The van der Waals surface area contributed by atoms with Crippen LogP contribution in [0.15, 0.2) is 35.3 Å². The molecule has 1 fully saturated rings. The zero-order valence-corrected chi connectivity index (χ0v) is 16.4. The van der Waals surface area contributed by atoms with E-state index in [2.05, 4.69) is 27.4 Å². The summed E-state index contributed by atoms with van der Waals surface area (Å²) < 4.78 is 0. The maximum atomic E-state index is 12.3. The number of hydrogen-bond acceptors (Lipinski definition) is 3. The lowest BCUT2D eigenvalue weighted by Gasteiger charge is -2.24. The normalized spacial score (nSPS) is 18.0. The molecule has 1 atom stereocenters. The topological polar surface area (TPSA) is 60.0 Å². The van der Waals surface area contributed by atoms with Crippen molar-refractivity contribution in [2.75, 3.05) is 40.3 Å². The predicted octanol–water partition coefficient (Wildman–Crippen LogP) is 1.68. The number of carbonyl (C=O) groups is 1. The van der Waals surface area contributed by atoms with Gasteiger partial charge in [0, 0.05) is 46.2 Å². The van der Waals surface area contributed by atoms with Gasteiger partial charge in [-0.1, -0.05) is 37.3 Å². The molecule has 1 heterocycles. The van der Waals surface area contributed by atoms with E-state index in [0.717, 1.165) is 24.6 Å². The fourth-order valence-electron chi connectivity index (χ4n) is 3.40. The molecule has 144 valence electrons. The molecule has 1 aliphatic heterocycles. The van der Waals surface area contributed by atoms with E-state index in [1.165, 1.54) is 19.4 Å². The first-order valence-corrected chi connectivity index (χ1v) is 9.60. The largest absolute Gasteiger partial charge is 0.356 e. The smallest absolute Gasteiger partial charge is 0.224 e. The van der Waals surface area contributed by atoms with Crippen molar-refractivity contribution in [2.45, 2.75) is 38.8 Å². The van der Waals surface area contributed by atoms with Gasteiger partial charge in [-0.25, -0.2) is 0 Å². The molecule has 0 spiro atoms. The molecular formula is C20H33N5O. The number of aliphatic imine (C=N–C) groups is 1. The first kappa shape index (κ1) is 20.2. The Bertz CT molecular complexity index is 575. The van der Waals surface area contributed by atoms with Crippen molar-refractivity contribution in [1.82, 2.24) is 20.4 Å². The van der Waals surface area contributed by atoms with Crippen LogP contribution in [0, 0.1) is 0 Å². The van der Waals surface area contributed by atoms with Crippen molar-refractivity contribution >= 4 is 11.9 Å². The standard InChI is InChI=1S/C20H33N5O/c1-4-25-14-8-11-18(25)15-23-20(21-2)22-13-12-19(26)24(3)16-17-9-6-5-7-10-17/h5-7,9-10,18H,4,8,11-16H2,1-3H3,(H2,21,22,23). The van der Waals surface area contributed by atoms with Gasteiger partial charge in [-0.2, -0.15) is 0 Å². The Balaban J connectivity index is 1.67. The third-order valence-corrected chi connectivity index (χ3v) is 4.95. The van der Waals surface area contributed by atoms with E-state index >= 15 is 0 Å². The second-order valence-electron chi connectivity index (χ2n) is 6.79. The van der Waals surface area contributed by atoms with Crippen LogP contribution in [0.5, 0.6) is 0 Å². The van der Waals surface area contributed by atoms with E-state index in [0.29, 0.717) is 25.6 Å². The molecule has 1 aliphatic rings. The molecule has 1 saturated heterocycles. The summed E-state index contributed by atoms with van der Waals surface area (Å²) >= 11 is 0. The van der Waals surface area contributed by atoms with Crippen LogP contribution in [0.1, 0.15) is 31.7 Å². The van der Waals surface area contributed by atoms with Crippen molar-refractivity contribution in [2.24, 2.45) is 4.99 Å². The van der Waals surface area contributed by atoms with Gasteiger partial charge in [0.2, 0.25) is 5.91 Å². The molecule has 1 aromatic carbocycles. The van der Waals surface area contributed by atoms with E-state index in [9.17, 15) is 4.79 Å². The number of benzene rings is 1. The van der Waals surface area contributed by atoms with E-state index < -0.39 is 0 Å². The lowest BCUT2D eigenvalue weighted by atomic mass is 10.2. The van der Waals surface area contributed by atoms with Crippen molar-refractivity contribution in [1.29, 1.82) is 0 Å². The van der Waals surface area contributed by atoms with Gasteiger partial charge in [0.15, 0.2) is 5.96 Å². The SMILES string of the molecule is CCN1CCCC1CNC(=NC)NCCC(=O)N(C)Cc1ccccc1. The summed E-state index contributed by atoms with van der Waals surface area (Å²) in [5.74, 6) is 0.899. The van der Waals surface area contributed by atoms with Gasteiger partial charge in [0.1, 0.15) is 0 Å². The summed E-state index contributed by atoms with van der Waals surface area (Å²) in [4.78, 5) is 20.8. The average molecular weight is 360 g/mol. The van der Waals surface area contributed by atoms with Gasteiger partial charge in [0.25, 0.3) is 0 Å². The quantitative estimate of drug-likeness (QED) is 0.548. The fourth-order valence-corrected chi connectivity index (χ4v) is 3.40. The number of nitrogens with zero attached hydrogens (tertiary/aromatic N) is 3. The van der Waals surface area contributed by atoms with E-state index in [1.807, 2.05) is 37.4 Å². The molecule has 0 radical (unpaired) electrons. The first-order valence-electron chi connectivity index (χ1n) is 9.60. The molecule has 6 heteroatoms. The van der Waals surface area contributed by atoms with Gasteiger partial charge >= 0.3 is 0 Å². The van der Waals surface area contributed by atoms with Gasteiger partial charge in [-0.3, -0.25) is 14.7 Å². The highest BCUT2D eigenvalue weighted by Gasteiger charge is 2.22. The average Bonchev–Trinajstić information content (AvgIpc) is 3.12. The number of rotatable bonds is 8. The summed E-state index contributed by atoms with van der Waals surface area (Å²) in [5, 5.41) is 6.64. The van der Waals surface area contributed by atoms with Crippen LogP contribution in [0.2, 0.25) is 0 Å². The molecule has 1 aromatic rings. The molecule has 2 N–H and O–H groups in total. The summed E-state index contributed by atoms with van der Waals surface area (Å²) in [6.07, 6.45) is 2.96. The van der Waals surface area contributed by atoms with Gasteiger partial charge in [-0.05, 0) is 31.5 Å². The highest BCUT2D eigenvalue weighted by atomic mass is 16.2. The van der Waals surface area contributed by atoms with Crippen molar-refractivity contribution in [3.05, 3.63) is 35.9 Å². The number of likely N-dealkylation sites (N-methyl/N-ethyl adjacent to an activating group) is 1. The molecular weight excluding hydrogens is 326 g/mol. The Morgan fingerprint density at radius 1 is 1.31 bits per heavy atom. The van der Waals surface area contributed by atoms with Crippen molar-refractivity contribution in [3.63, 3.8) is 0 Å². The second-order valence-corrected chi connectivity index (χ2v) is 6.79. The monoisotopic (exact) mass is 359 g/mol. The maximum Gasteiger partial charge on any atom is 0.224 e. The van der Waals surface area contributed by atoms with Crippen molar-refractivity contribution < 1.29 is 4.79 Å². The molecule has 0 aliphatic carbocycles. The maximum absolute atomic E-state index is 12.3. The second kappa shape index (κ2) is 10.8. The highest BCUT2D eigenvalue weighted by Crippen LogP contribution is 2.15. The molecule has 6 nitrogen and oxygen atoms in total. The lowest BCUT2D eigenvalue weighted by molar-refractivity contribution is -0.130. The first-order chi connectivity index (χ1) is 12.6. The van der Waals surface area contributed by atoms with E-state index in [-0.39, 0.29) is 5.91 Å². The Kier molecular flexibility index (Phi) is 8.41. The van der Waals surface area contributed by atoms with Crippen LogP contribution in [-0.2, 0) is 11.3 Å². The Morgan fingerprint density at radius 3 is 2.77 bits per heavy atom. The van der Waals surface area contributed by atoms with Crippen LogP contribution in [-0.4, -0.2) is 68.0 Å². The third-order valence-electron chi connectivity index (χ3n) is 4.95. The Morgan fingerprint density at radius 2 is 2.08 bits per heavy atom. The van der Waals surface area contributed by atoms with Crippen molar-refractivity contribution in [3.8, 4) is 0 Å². The van der Waals surface area contributed by atoms with Gasteiger partial charge < -0.3 is 15.5 Å². The Labute approximate surface area is 157 Å². The minimum absolute atomic E-state index is 0.129. The number of amides is 1. The number of nitrogens with one attached hydrogen (secondary N) is 2. The zero-order chi connectivity index (χ0) is 18.8. The van der Waals surface area contributed by atoms with Crippen LogP contribution in [0.4, 0.5) is 0 Å². The van der Waals surface area contributed by atoms with Crippen LogP contribution in [0.25, 0.3) is 0 Å². The number of guanidine groups is 1. The number of likely N-dealkylation sites (tertiary alicyclic amines) is 1. The predicted molar refractivity (Wildman–Crippen MR) is 107 cm³/mol. The molecule has 0 aromatic heterocycles. The summed E-state index contributed by atoms with van der Waals surface area (Å²) in [6.45, 7) is 6.62. The number of carbonyl (C=O) groups excluding carboxylic acids is 1. The molecule has 26 heavy (non-hydrogen) atoms. The fraction of sp³-hybridized carbons (Fsp3) is 0.600. The molecule has 0 saturated carbocycles. The minimum Gasteiger partial charge on any atom is -0.356 e. The zero-order valence-electron chi connectivity index (χ0n) is 16.4. The molecule has 1 amide bonds. The molecule has 1 unspecified atom stereocenters. The summed E-state index contributed by atoms with van der Waals surface area (Å²) in [5.41, 5.74) is 1.14. The molecule has 2 rings (SSSR count). The van der Waals surface area contributed by atoms with Gasteiger partial charge in [0.05, 0.1) is 0 Å². The molecule has 0 bridgehead atoms. The third kappa shape index (κ3) is 6.33. The van der Waals surface area contributed by atoms with Gasteiger partial charge in [-0.15, -0.1) is 0 Å². The summed E-state index contributed by atoms with van der Waals surface area (Å²) in [6, 6.07) is 10.6. The van der Waals surface area contributed by atoms with Crippen LogP contribution < -0.4 is 10.6 Å². The minimum atomic E-state index is 0.129. The van der Waals surface area contributed by atoms with Crippen LogP contribution >= 0.6 is 0 Å². The highest BCUT2D eigenvalue weighted by molar-refractivity contribution is 5.81. The van der Waals surface area contributed by atoms with Crippen LogP contribution in [0.3, 0.4) is 0 Å². The van der Waals surface area contributed by atoms with E-state index in [1.54, 1.807) is 11.9 Å². The Hall–Kier alpha value is -2.08. The van der Waals surface area contributed by atoms with E-state index in [4.69, 9.17) is 0 Å².